The van der Waals surface area contributed by atoms with Crippen molar-refractivity contribution in [3.63, 3.8) is 0 Å². The summed E-state index contributed by atoms with van der Waals surface area (Å²) in [5, 5.41) is 8.55. The number of rotatable bonds is 3. The number of hydrogen-bond acceptors (Lipinski definition) is 4. The van der Waals surface area contributed by atoms with Crippen molar-refractivity contribution in [3.8, 4) is 0 Å². The number of amides is 1. The number of aromatic nitrogens is 4. The number of pyridine rings is 1. The maximum Gasteiger partial charge on any atom is 0.433 e. The molecule has 22 heavy (non-hydrogen) atoms. The van der Waals surface area contributed by atoms with Crippen molar-refractivity contribution < 1.29 is 18.0 Å². The molecule has 0 radical (unpaired) electrons. The van der Waals surface area contributed by atoms with Crippen molar-refractivity contribution in [1.29, 1.82) is 0 Å². The molecule has 118 valence electrons. The van der Waals surface area contributed by atoms with Crippen LogP contribution in [-0.4, -0.2) is 26.1 Å². The third kappa shape index (κ3) is 3.73. The first kappa shape index (κ1) is 16.2. The van der Waals surface area contributed by atoms with Crippen LogP contribution in [0.2, 0.25) is 5.15 Å². The number of halogens is 4. The number of nitrogens with zero attached hydrogens (tertiary/aromatic N) is 3. The second kappa shape index (κ2) is 5.91. The fourth-order valence-corrected chi connectivity index (χ4v) is 1.88. The average molecular weight is 334 g/mol. The fraction of sp³-hybridized carbons (Fsp3) is 0.333. The molecule has 0 bridgehead atoms. The summed E-state index contributed by atoms with van der Waals surface area (Å²) in [6.07, 6.45) is -4.69. The van der Waals surface area contributed by atoms with Crippen molar-refractivity contribution in [2.75, 3.05) is 0 Å². The van der Waals surface area contributed by atoms with E-state index in [-0.39, 0.29) is 5.56 Å². The molecule has 1 amide bonds. The topological polar surface area (TPSA) is 83.6 Å². The van der Waals surface area contributed by atoms with Crippen LogP contribution in [-0.2, 0) is 6.18 Å². The van der Waals surface area contributed by atoms with E-state index < -0.39 is 29.0 Å². The van der Waals surface area contributed by atoms with Gasteiger partial charge in [-0.25, -0.2) is 9.97 Å². The summed E-state index contributed by atoms with van der Waals surface area (Å²) in [5.74, 6) is 0.147. The summed E-state index contributed by atoms with van der Waals surface area (Å²) in [5.41, 5.74) is -1.47. The molecule has 0 saturated heterocycles. The predicted octanol–water partition coefficient (Wildman–Crippen LogP) is 2.67. The molecule has 0 aromatic carbocycles. The summed E-state index contributed by atoms with van der Waals surface area (Å²) in [4.78, 5) is 19.2. The van der Waals surface area contributed by atoms with E-state index >= 15 is 0 Å². The molecular formula is C12H11ClF3N5O. The number of nitrogens with one attached hydrogen (secondary N) is 2. The Hall–Kier alpha value is -2.16. The van der Waals surface area contributed by atoms with Gasteiger partial charge in [0.1, 0.15) is 16.7 Å². The van der Waals surface area contributed by atoms with E-state index in [2.05, 4.69) is 25.5 Å². The lowest BCUT2D eigenvalue weighted by atomic mass is 10.2. The second-order valence-electron chi connectivity index (χ2n) is 4.54. The van der Waals surface area contributed by atoms with Gasteiger partial charge in [-0.3, -0.25) is 9.89 Å². The molecule has 0 aliphatic rings. The largest absolute Gasteiger partial charge is 0.433 e. The van der Waals surface area contributed by atoms with E-state index in [4.69, 9.17) is 11.6 Å². The highest BCUT2D eigenvalue weighted by Gasteiger charge is 2.33. The molecule has 0 aliphatic carbocycles. The van der Waals surface area contributed by atoms with Crippen LogP contribution in [0.3, 0.4) is 0 Å². The van der Waals surface area contributed by atoms with Gasteiger partial charge in [0, 0.05) is 5.56 Å². The van der Waals surface area contributed by atoms with E-state index in [9.17, 15) is 18.0 Å². The lowest BCUT2D eigenvalue weighted by Gasteiger charge is -2.12. The minimum Gasteiger partial charge on any atom is -0.342 e. The Morgan fingerprint density at radius 2 is 2.05 bits per heavy atom. The molecule has 2 heterocycles. The number of hydrogen-bond donors (Lipinski definition) is 2. The van der Waals surface area contributed by atoms with Crippen molar-refractivity contribution in [2.45, 2.75) is 26.1 Å². The highest BCUT2D eigenvalue weighted by atomic mass is 35.5. The highest BCUT2D eigenvalue weighted by Crippen LogP contribution is 2.29. The average Bonchev–Trinajstić information content (AvgIpc) is 2.83. The number of carbonyl (C=O) groups is 1. The number of aromatic amines is 1. The van der Waals surface area contributed by atoms with Crippen LogP contribution in [0.1, 0.15) is 40.7 Å². The van der Waals surface area contributed by atoms with Gasteiger partial charge < -0.3 is 5.32 Å². The van der Waals surface area contributed by atoms with Gasteiger partial charge in [-0.15, -0.1) is 0 Å². The van der Waals surface area contributed by atoms with E-state index in [0.717, 1.165) is 6.07 Å². The zero-order valence-corrected chi connectivity index (χ0v) is 12.2. The Balaban J connectivity index is 2.21. The van der Waals surface area contributed by atoms with Gasteiger partial charge in [0.15, 0.2) is 5.82 Å². The quantitative estimate of drug-likeness (QED) is 0.846. The molecule has 2 aromatic rings. The molecule has 0 saturated carbocycles. The third-order valence-electron chi connectivity index (χ3n) is 2.70. The van der Waals surface area contributed by atoms with E-state index in [1.807, 2.05) is 0 Å². The molecule has 2 N–H and O–H groups in total. The minimum absolute atomic E-state index is 0.244. The molecule has 6 nitrogen and oxygen atoms in total. The summed E-state index contributed by atoms with van der Waals surface area (Å²) < 4.78 is 38.0. The number of carbonyl (C=O) groups excluding carboxylic acids is 1. The fourth-order valence-electron chi connectivity index (χ4n) is 1.67. The summed E-state index contributed by atoms with van der Waals surface area (Å²) in [7, 11) is 0. The van der Waals surface area contributed by atoms with Gasteiger partial charge in [-0.2, -0.15) is 18.3 Å². The zero-order chi connectivity index (χ0) is 16.5. The van der Waals surface area contributed by atoms with Gasteiger partial charge in [0.25, 0.3) is 5.91 Å². The van der Waals surface area contributed by atoms with Gasteiger partial charge in [0.05, 0.1) is 6.04 Å². The van der Waals surface area contributed by atoms with E-state index in [1.165, 1.54) is 0 Å². The van der Waals surface area contributed by atoms with Crippen LogP contribution < -0.4 is 5.32 Å². The first-order valence-electron chi connectivity index (χ1n) is 6.11. The normalized spacial score (nSPS) is 13.0. The van der Waals surface area contributed by atoms with Crippen LogP contribution in [0, 0.1) is 6.92 Å². The molecule has 1 atom stereocenters. The van der Waals surface area contributed by atoms with Crippen LogP contribution in [0.5, 0.6) is 0 Å². The number of H-pyrrole nitrogens is 1. The van der Waals surface area contributed by atoms with Gasteiger partial charge in [-0.05, 0) is 26.0 Å². The molecule has 0 aliphatic heterocycles. The van der Waals surface area contributed by atoms with Crippen molar-refractivity contribution >= 4 is 17.5 Å². The third-order valence-corrected chi connectivity index (χ3v) is 2.89. The molecule has 0 fully saturated rings. The predicted molar refractivity (Wildman–Crippen MR) is 71.2 cm³/mol. The van der Waals surface area contributed by atoms with Gasteiger partial charge in [0.2, 0.25) is 0 Å². The Labute approximate surface area is 128 Å². The van der Waals surface area contributed by atoms with Gasteiger partial charge >= 0.3 is 6.18 Å². The lowest BCUT2D eigenvalue weighted by Crippen LogP contribution is -2.28. The maximum absolute atomic E-state index is 12.7. The maximum atomic E-state index is 12.7. The van der Waals surface area contributed by atoms with Crippen molar-refractivity contribution in [2.24, 2.45) is 0 Å². The number of aryl methyl sites for hydroxylation is 1. The summed E-state index contributed by atoms with van der Waals surface area (Å²) in [6.45, 7) is 3.29. The molecule has 10 heteroatoms. The Morgan fingerprint density at radius 1 is 1.36 bits per heavy atom. The first-order valence-corrected chi connectivity index (χ1v) is 6.49. The zero-order valence-electron chi connectivity index (χ0n) is 11.5. The second-order valence-corrected chi connectivity index (χ2v) is 4.92. The van der Waals surface area contributed by atoms with E-state index in [0.29, 0.717) is 17.7 Å². The molecule has 1 unspecified atom stereocenters. The first-order chi connectivity index (χ1) is 10.2. The molecule has 2 rings (SSSR count). The van der Waals surface area contributed by atoms with Crippen LogP contribution in [0.25, 0.3) is 0 Å². The van der Waals surface area contributed by atoms with Crippen LogP contribution in [0.4, 0.5) is 13.2 Å². The molecular weight excluding hydrogens is 323 g/mol. The number of alkyl halides is 3. The van der Waals surface area contributed by atoms with E-state index in [1.54, 1.807) is 13.8 Å². The standard InChI is InChI=1S/C12H11ClF3N5O/c1-5(10-18-6(2)20-21-10)17-11(22)7-3-8(12(14,15)16)19-9(13)4-7/h3-5H,1-2H3,(H,17,22)(H,18,20,21). The van der Waals surface area contributed by atoms with Gasteiger partial charge in [-0.1, -0.05) is 11.6 Å². The highest BCUT2D eigenvalue weighted by molar-refractivity contribution is 6.29. The Kier molecular flexibility index (Phi) is 4.36. The Morgan fingerprint density at radius 3 is 2.59 bits per heavy atom. The summed E-state index contributed by atoms with van der Waals surface area (Å²) >= 11 is 5.54. The molecule has 0 spiro atoms. The van der Waals surface area contributed by atoms with Crippen molar-refractivity contribution in [1.82, 2.24) is 25.5 Å². The van der Waals surface area contributed by atoms with Crippen molar-refractivity contribution in [3.05, 3.63) is 40.2 Å². The van der Waals surface area contributed by atoms with Crippen LogP contribution >= 0.6 is 11.6 Å². The molecule has 2 aromatic heterocycles. The smallest absolute Gasteiger partial charge is 0.342 e. The van der Waals surface area contributed by atoms with Crippen LogP contribution in [0.15, 0.2) is 12.1 Å². The SMILES string of the molecule is Cc1nc(C(C)NC(=O)c2cc(Cl)nc(C(F)(F)F)c2)n[nH]1. The summed E-state index contributed by atoms with van der Waals surface area (Å²) in [6, 6.07) is 1.11. The Bertz CT molecular complexity index is 700. The lowest BCUT2D eigenvalue weighted by molar-refractivity contribution is -0.141. The monoisotopic (exact) mass is 333 g/mol. The minimum atomic E-state index is -4.69.